The van der Waals surface area contributed by atoms with Crippen molar-refractivity contribution in [3.05, 3.63) is 29.3 Å². The Labute approximate surface area is 102 Å². The van der Waals surface area contributed by atoms with Crippen LogP contribution < -0.4 is 5.32 Å². The average molecular weight is 236 g/mol. The van der Waals surface area contributed by atoms with Crippen LogP contribution in [-0.4, -0.2) is 37.0 Å². The Hall–Kier alpha value is -0.510. The van der Waals surface area contributed by atoms with Crippen LogP contribution in [0.1, 0.15) is 11.1 Å². The predicted octanol–water partition coefficient (Wildman–Crippen LogP) is 2.26. The zero-order valence-electron chi connectivity index (χ0n) is 10.3. The summed E-state index contributed by atoms with van der Waals surface area (Å²) in [5.41, 5.74) is 2.74. The summed E-state index contributed by atoms with van der Waals surface area (Å²) in [5.74, 6) is 0. The van der Waals surface area contributed by atoms with Crippen molar-refractivity contribution in [3.8, 4) is 0 Å². The van der Waals surface area contributed by atoms with E-state index in [1.807, 2.05) is 11.8 Å². The van der Waals surface area contributed by atoms with Gasteiger partial charge >= 0.3 is 0 Å². The maximum absolute atomic E-state index is 3.45. The van der Waals surface area contributed by atoms with Gasteiger partial charge in [0.15, 0.2) is 0 Å². The van der Waals surface area contributed by atoms with Crippen LogP contribution in [0.2, 0.25) is 0 Å². The van der Waals surface area contributed by atoms with Crippen LogP contribution in [0.5, 0.6) is 0 Å². The van der Waals surface area contributed by atoms with Crippen LogP contribution in [0.25, 0.3) is 0 Å². The van der Waals surface area contributed by atoms with Crippen molar-refractivity contribution in [2.75, 3.05) is 26.7 Å². The second kappa shape index (κ2) is 5.21. The number of thioether (sulfide) groups is 1. The molecular formula is C13H20N2S. The van der Waals surface area contributed by atoms with Crippen molar-refractivity contribution >= 4 is 11.8 Å². The van der Waals surface area contributed by atoms with Gasteiger partial charge in [-0.05, 0) is 32.5 Å². The third kappa shape index (κ3) is 2.78. The smallest absolute Gasteiger partial charge is 0.0729 e. The summed E-state index contributed by atoms with van der Waals surface area (Å²) in [6, 6.07) is 6.71. The summed E-state index contributed by atoms with van der Waals surface area (Å²) in [7, 11) is 2.21. The van der Waals surface area contributed by atoms with E-state index in [2.05, 4.69) is 49.3 Å². The SMILES string of the molecule is Cc1ccc(SC2CNCCN2C)c(C)c1. The van der Waals surface area contributed by atoms with Gasteiger partial charge in [-0.15, -0.1) is 11.8 Å². The maximum Gasteiger partial charge on any atom is 0.0729 e. The van der Waals surface area contributed by atoms with E-state index >= 15 is 0 Å². The molecular weight excluding hydrogens is 216 g/mol. The highest BCUT2D eigenvalue weighted by Gasteiger charge is 2.19. The van der Waals surface area contributed by atoms with Gasteiger partial charge in [0.05, 0.1) is 5.37 Å². The highest BCUT2D eigenvalue weighted by atomic mass is 32.2. The molecule has 3 heteroatoms. The Balaban J connectivity index is 2.07. The molecule has 2 nitrogen and oxygen atoms in total. The van der Waals surface area contributed by atoms with Crippen LogP contribution in [-0.2, 0) is 0 Å². The fraction of sp³-hybridized carbons (Fsp3) is 0.538. The minimum absolute atomic E-state index is 0.565. The van der Waals surface area contributed by atoms with Crippen LogP contribution in [0.3, 0.4) is 0 Å². The standard InChI is InChI=1S/C13H20N2S/c1-10-4-5-12(11(2)8-10)16-13-9-14-6-7-15(13)3/h4-5,8,13-14H,6-7,9H2,1-3H3. The average Bonchev–Trinajstić information content (AvgIpc) is 2.25. The quantitative estimate of drug-likeness (QED) is 0.848. The monoisotopic (exact) mass is 236 g/mol. The fourth-order valence-electron chi connectivity index (χ4n) is 1.99. The van der Waals surface area contributed by atoms with Crippen molar-refractivity contribution in [1.29, 1.82) is 0 Å². The van der Waals surface area contributed by atoms with Crippen molar-refractivity contribution < 1.29 is 0 Å². The van der Waals surface area contributed by atoms with Gasteiger partial charge < -0.3 is 5.32 Å². The molecule has 1 atom stereocenters. The second-order valence-electron chi connectivity index (χ2n) is 4.53. The molecule has 0 saturated carbocycles. The minimum Gasteiger partial charge on any atom is -0.313 e. The van der Waals surface area contributed by atoms with Crippen molar-refractivity contribution in [2.24, 2.45) is 0 Å². The summed E-state index contributed by atoms with van der Waals surface area (Å²) in [6.07, 6.45) is 0. The first kappa shape index (κ1) is 12.0. The van der Waals surface area contributed by atoms with Gasteiger partial charge in [0.1, 0.15) is 0 Å². The zero-order chi connectivity index (χ0) is 11.5. The number of rotatable bonds is 2. The molecule has 2 rings (SSSR count). The van der Waals surface area contributed by atoms with E-state index in [-0.39, 0.29) is 0 Å². The molecule has 1 N–H and O–H groups in total. The molecule has 1 aliphatic rings. The fourth-order valence-corrected chi connectivity index (χ4v) is 3.16. The molecule has 88 valence electrons. The first-order chi connectivity index (χ1) is 7.66. The third-order valence-corrected chi connectivity index (χ3v) is 4.56. The molecule has 1 saturated heterocycles. The number of piperazine rings is 1. The van der Waals surface area contributed by atoms with E-state index in [4.69, 9.17) is 0 Å². The first-order valence-corrected chi connectivity index (χ1v) is 6.69. The number of benzene rings is 1. The van der Waals surface area contributed by atoms with Gasteiger partial charge in [0.25, 0.3) is 0 Å². The summed E-state index contributed by atoms with van der Waals surface area (Å²) in [6.45, 7) is 7.68. The van der Waals surface area contributed by atoms with Gasteiger partial charge in [-0.2, -0.15) is 0 Å². The molecule has 1 heterocycles. The van der Waals surface area contributed by atoms with E-state index in [0.717, 1.165) is 19.6 Å². The topological polar surface area (TPSA) is 15.3 Å². The normalized spacial score (nSPS) is 22.3. The van der Waals surface area contributed by atoms with Crippen molar-refractivity contribution in [3.63, 3.8) is 0 Å². The molecule has 1 aromatic rings. The lowest BCUT2D eigenvalue weighted by molar-refractivity contribution is 0.266. The molecule has 0 radical (unpaired) electrons. The summed E-state index contributed by atoms with van der Waals surface area (Å²) < 4.78 is 0. The van der Waals surface area contributed by atoms with Gasteiger partial charge in [-0.25, -0.2) is 0 Å². The number of nitrogens with one attached hydrogen (secondary N) is 1. The molecule has 0 amide bonds. The van der Waals surface area contributed by atoms with Crippen molar-refractivity contribution in [1.82, 2.24) is 10.2 Å². The number of aryl methyl sites for hydroxylation is 2. The molecule has 16 heavy (non-hydrogen) atoms. The Morgan fingerprint density at radius 1 is 1.38 bits per heavy atom. The van der Waals surface area contributed by atoms with Crippen LogP contribution in [0.4, 0.5) is 0 Å². The van der Waals surface area contributed by atoms with Gasteiger partial charge in [-0.1, -0.05) is 17.7 Å². The molecule has 1 unspecified atom stereocenters. The van der Waals surface area contributed by atoms with E-state index < -0.39 is 0 Å². The number of nitrogens with zero attached hydrogens (tertiary/aromatic N) is 1. The highest BCUT2D eigenvalue weighted by molar-refractivity contribution is 8.00. The van der Waals surface area contributed by atoms with E-state index in [9.17, 15) is 0 Å². The lowest BCUT2D eigenvalue weighted by atomic mass is 10.2. The molecule has 0 spiro atoms. The maximum atomic E-state index is 3.45. The zero-order valence-corrected chi connectivity index (χ0v) is 11.1. The van der Waals surface area contributed by atoms with E-state index in [1.165, 1.54) is 16.0 Å². The van der Waals surface area contributed by atoms with E-state index in [0.29, 0.717) is 5.37 Å². The highest BCUT2D eigenvalue weighted by Crippen LogP contribution is 2.29. The molecule has 0 aliphatic carbocycles. The summed E-state index contributed by atoms with van der Waals surface area (Å²) in [4.78, 5) is 3.84. The lowest BCUT2D eigenvalue weighted by Crippen LogP contribution is -2.47. The minimum atomic E-state index is 0.565. The molecule has 0 aromatic heterocycles. The number of hydrogen-bond acceptors (Lipinski definition) is 3. The van der Waals surface area contributed by atoms with Crippen molar-refractivity contribution in [2.45, 2.75) is 24.1 Å². The van der Waals surface area contributed by atoms with Gasteiger partial charge in [-0.3, -0.25) is 4.90 Å². The van der Waals surface area contributed by atoms with Gasteiger partial charge in [0, 0.05) is 24.5 Å². The van der Waals surface area contributed by atoms with Gasteiger partial charge in [0.2, 0.25) is 0 Å². The Bertz CT molecular complexity index is 365. The lowest BCUT2D eigenvalue weighted by Gasteiger charge is -2.32. The van der Waals surface area contributed by atoms with Crippen LogP contribution in [0, 0.1) is 13.8 Å². The summed E-state index contributed by atoms with van der Waals surface area (Å²) >= 11 is 1.97. The predicted molar refractivity (Wildman–Crippen MR) is 71.1 cm³/mol. The third-order valence-electron chi connectivity index (χ3n) is 3.05. The number of hydrogen-bond donors (Lipinski definition) is 1. The molecule has 1 aliphatic heterocycles. The van der Waals surface area contributed by atoms with Crippen LogP contribution >= 0.6 is 11.8 Å². The Morgan fingerprint density at radius 3 is 2.88 bits per heavy atom. The molecule has 1 fully saturated rings. The summed E-state index contributed by atoms with van der Waals surface area (Å²) in [5, 5.41) is 4.02. The Morgan fingerprint density at radius 2 is 2.19 bits per heavy atom. The largest absolute Gasteiger partial charge is 0.313 e. The Kier molecular flexibility index (Phi) is 3.90. The van der Waals surface area contributed by atoms with E-state index in [1.54, 1.807) is 0 Å². The second-order valence-corrected chi connectivity index (χ2v) is 5.75. The van der Waals surface area contributed by atoms with Crippen LogP contribution in [0.15, 0.2) is 23.1 Å². The molecule has 0 bridgehead atoms. The number of likely N-dealkylation sites (N-methyl/N-ethyl adjacent to an activating group) is 1. The first-order valence-electron chi connectivity index (χ1n) is 5.81. The molecule has 1 aromatic carbocycles.